The van der Waals surface area contributed by atoms with Crippen molar-refractivity contribution in [2.24, 2.45) is 5.92 Å². The lowest BCUT2D eigenvalue weighted by Gasteiger charge is -2.20. The van der Waals surface area contributed by atoms with Crippen molar-refractivity contribution in [2.45, 2.75) is 33.1 Å². The third kappa shape index (κ3) is 5.85. The van der Waals surface area contributed by atoms with E-state index in [1.165, 1.54) is 19.8 Å². The number of hydrogen-bond acceptors (Lipinski definition) is 3. The van der Waals surface area contributed by atoms with Crippen molar-refractivity contribution >= 4 is 23.2 Å². The molecular formula is C17H25N3O2. The highest BCUT2D eigenvalue weighted by Gasteiger charge is 2.24. The molecule has 5 nitrogen and oxygen atoms in total. The summed E-state index contributed by atoms with van der Waals surface area (Å²) in [6.45, 7) is 6.04. The van der Waals surface area contributed by atoms with Gasteiger partial charge < -0.3 is 10.6 Å². The number of nitrogens with one attached hydrogen (secondary N) is 2. The highest BCUT2D eigenvalue weighted by molar-refractivity contribution is 5.93. The van der Waals surface area contributed by atoms with Crippen LogP contribution in [0.1, 0.15) is 33.1 Å². The van der Waals surface area contributed by atoms with E-state index < -0.39 is 0 Å². The smallest absolute Gasteiger partial charge is 0.238 e. The van der Waals surface area contributed by atoms with Gasteiger partial charge in [0.2, 0.25) is 11.8 Å². The van der Waals surface area contributed by atoms with Gasteiger partial charge in [0.15, 0.2) is 0 Å². The van der Waals surface area contributed by atoms with Crippen molar-refractivity contribution in [1.82, 2.24) is 4.90 Å². The molecule has 0 saturated heterocycles. The van der Waals surface area contributed by atoms with E-state index >= 15 is 0 Å². The normalized spacial score (nSPS) is 14.0. The van der Waals surface area contributed by atoms with Crippen LogP contribution in [0.25, 0.3) is 0 Å². The van der Waals surface area contributed by atoms with Crippen LogP contribution in [0.3, 0.4) is 0 Å². The van der Waals surface area contributed by atoms with Crippen LogP contribution in [0.15, 0.2) is 24.3 Å². The largest absolute Gasteiger partial charge is 0.326 e. The first-order valence-electron chi connectivity index (χ1n) is 7.96. The Labute approximate surface area is 132 Å². The third-order valence-corrected chi connectivity index (χ3v) is 3.61. The zero-order chi connectivity index (χ0) is 15.9. The summed E-state index contributed by atoms with van der Waals surface area (Å²) in [7, 11) is 0. The Balaban J connectivity index is 1.83. The van der Waals surface area contributed by atoms with E-state index in [2.05, 4.69) is 22.5 Å². The van der Waals surface area contributed by atoms with E-state index in [9.17, 15) is 9.59 Å². The second kappa shape index (κ2) is 7.94. The number of rotatable bonds is 8. The molecule has 0 aromatic heterocycles. The number of benzene rings is 1. The first-order chi connectivity index (χ1) is 10.6. The highest BCUT2D eigenvalue weighted by Crippen LogP contribution is 2.29. The second-order valence-corrected chi connectivity index (χ2v) is 5.99. The van der Waals surface area contributed by atoms with Gasteiger partial charge in [0.05, 0.1) is 6.54 Å². The number of carbonyl (C=O) groups is 2. The molecule has 5 heteroatoms. The molecule has 120 valence electrons. The summed E-state index contributed by atoms with van der Waals surface area (Å²) in [5.74, 6) is 0.699. The zero-order valence-electron chi connectivity index (χ0n) is 13.4. The Hall–Kier alpha value is -1.88. The van der Waals surface area contributed by atoms with Crippen molar-refractivity contribution < 1.29 is 9.59 Å². The second-order valence-electron chi connectivity index (χ2n) is 5.99. The van der Waals surface area contributed by atoms with Crippen LogP contribution in [0.5, 0.6) is 0 Å². The van der Waals surface area contributed by atoms with Crippen LogP contribution in [-0.2, 0) is 9.59 Å². The quantitative estimate of drug-likeness (QED) is 0.776. The van der Waals surface area contributed by atoms with E-state index in [4.69, 9.17) is 0 Å². The van der Waals surface area contributed by atoms with Gasteiger partial charge >= 0.3 is 0 Å². The predicted octanol–water partition coefficient (Wildman–Crippen LogP) is 2.71. The molecular weight excluding hydrogens is 278 g/mol. The molecule has 1 aliphatic carbocycles. The maximum absolute atomic E-state index is 12.1. The van der Waals surface area contributed by atoms with Crippen molar-refractivity contribution in [1.29, 1.82) is 0 Å². The summed E-state index contributed by atoms with van der Waals surface area (Å²) < 4.78 is 0. The van der Waals surface area contributed by atoms with E-state index in [1.54, 1.807) is 24.3 Å². The van der Waals surface area contributed by atoms with Crippen molar-refractivity contribution in [2.75, 3.05) is 30.3 Å². The van der Waals surface area contributed by atoms with Gasteiger partial charge in [-0.3, -0.25) is 14.5 Å². The molecule has 0 heterocycles. The molecule has 1 fully saturated rings. The van der Waals surface area contributed by atoms with E-state index in [1.807, 2.05) is 0 Å². The van der Waals surface area contributed by atoms with Gasteiger partial charge in [-0.15, -0.1) is 0 Å². The minimum absolute atomic E-state index is 0.0152. The lowest BCUT2D eigenvalue weighted by Crippen LogP contribution is -2.35. The van der Waals surface area contributed by atoms with E-state index in [0.717, 1.165) is 36.8 Å². The Morgan fingerprint density at radius 3 is 2.23 bits per heavy atom. The topological polar surface area (TPSA) is 61.4 Å². The van der Waals surface area contributed by atoms with E-state index in [0.29, 0.717) is 6.54 Å². The average molecular weight is 303 g/mol. The molecule has 0 unspecified atom stereocenters. The van der Waals surface area contributed by atoms with Gasteiger partial charge in [0.1, 0.15) is 0 Å². The Morgan fingerprint density at radius 1 is 1.14 bits per heavy atom. The lowest BCUT2D eigenvalue weighted by atomic mass is 10.2. The van der Waals surface area contributed by atoms with Gasteiger partial charge in [-0.2, -0.15) is 0 Å². The summed E-state index contributed by atoms with van der Waals surface area (Å²) >= 11 is 0. The molecule has 1 aromatic rings. The number of amides is 2. The van der Waals surface area contributed by atoms with Crippen molar-refractivity contribution in [3.63, 3.8) is 0 Å². The fourth-order valence-electron chi connectivity index (χ4n) is 2.46. The molecule has 0 aliphatic heterocycles. The fraction of sp³-hybridized carbons (Fsp3) is 0.529. The summed E-state index contributed by atoms with van der Waals surface area (Å²) in [5.41, 5.74) is 1.48. The monoisotopic (exact) mass is 303 g/mol. The summed E-state index contributed by atoms with van der Waals surface area (Å²) in [6.07, 6.45) is 3.66. The molecule has 0 atom stereocenters. The van der Waals surface area contributed by atoms with Gasteiger partial charge in [-0.1, -0.05) is 6.92 Å². The number of nitrogens with zero attached hydrogens (tertiary/aromatic N) is 1. The Morgan fingerprint density at radius 2 is 1.73 bits per heavy atom. The Bertz CT molecular complexity index is 509. The Kier molecular flexibility index (Phi) is 5.95. The summed E-state index contributed by atoms with van der Waals surface area (Å²) in [6, 6.07) is 7.17. The molecule has 2 rings (SSSR count). The summed E-state index contributed by atoms with van der Waals surface area (Å²) in [4.78, 5) is 25.3. The highest BCUT2D eigenvalue weighted by atomic mass is 16.2. The van der Waals surface area contributed by atoms with Crippen LogP contribution in [-0.4, -0.2) is 36.3 Å². The van der Waals surface area contributed by atoms with Crippen LogP contribution in [0.4, 0.5) is 11.4 Å². The zero-order valence-corrected chi connectivity index (χ0v) is 13.4. The number of carbonyl (C=O) groups excluding carboxylic acids is 2. The lowest BCUT2D eigenvalue weighted by molar-refractivity contribution is -0.117. The van der Waals surface area contributed by atoms with E-state index in [-0.39, 0.29) is 11.8 Å². The standard InChI is InChI=1S/C17H25N3O2/c1-3-10-20(11-14-4-5-14)12-17(22)19-16-8-6-15(7-9-16)18-13(2)21/h6-9,14H,3-5,10-12H2,1-2H3,(H,18,21)(H,19,22). The molecule has 0 bridgehead atoms. The van der Waals surface area contributed by atoms with Gasteiger partial charge in [0, 0.05) is 24.8 Å². The van der Waals surface area contributed by atoms with Gasteiger partial charge in [0.25, 0.3) is 0 Å². The summed E-state index contributed by atoms with van der Waals surface area (Å²) in [5, 5.41) is 5.61. The molecule has 0 spiro atoms. The maximum atomic E-state index is 12.1. The number of anilines is 2. The minimum atomic E-state index is -0.105. The minimum Gasteiger partial charge on any atom is -0.326 e. The van der Waals surface area contributed by atoms with Gasteiger partial charge in [-0.05, 0) is 56.0 Å². The SMILES string of the molecule is CCCN(CC(=O)Nc1ccc(NC(C)=O)cc1)CC1CC1. The molecule has 0 radical (unpaired) electrons. The van der Waals surface area contributed by atoms with Gasteiger partial charge in [-0.25, -0.2) is 0 Å². The van der Waals surface area contributed by atoms with Crippen molar-refractivity contribution in [3.05, 3.63) is 24.3 Å². The van der Waals surface area contributed by atoms with Crippen LogP contribution >= 0.6 is 0 Å². The molecule has 1 saturated carbocycles. The van der Waals surface area contributed by atoms with Crippen LogP contribution < -0.4 is 10.6 Å². The third-order valence-electron chi connectivity index (χ3n) is 3.61. The van der Waals surface area contributed by atoms with Crippen LogP contribution in [0, 0.1) is 5.92 Å². The van der Waals surface area contributed by atoms with Crippen LogP contribution in [0.2, 0.25) is 0 Å². The molecule has 22 heavy (non-hydrogen) atoms. The molecule has 1 aliphatic rings. The first-order valence-corrected chi connectivity index (χ1v) is 7.96. The van der Waals surface area contributed by atoms with Crippen molar-refractivity contribution in [3.8, 4) is 0 Å². The number of hydrogen-bond donors (Lipinski definition) is 2. The first kappa shape index (κ1) is 16.5. The molecule has 2 N–H and O–H groups in total. The fourth-order valence-corrected chi connectivity index (χ4v) is 2.46. The molecule has 2 amide bonds. The average Bonchev–Trinajstić information content (AvgIpc) is 3.24. The molecule has 1 aromatic carbocycles. The maximum Gasteiger partial charge on any atom is 0.238 e. The predicted molar refractivity (Wildman–Crippen MR) is 88.8 cm³/mol.